The number of carbonyl (C=O) groups is 5. The highest BCUT2D eigenvalue weighted by Gasteiger charge is 2.45. The molecule has 0 saturated carbocycles. The molecule has 2 aliphatic heterocycles. The Labute approximate surface area is 414 Å². The monoisotopic (exact) mass is 983 g/mol. The van der Waals surface area contributed by atoms with Crippen molar-refractivity contribution in [1.82, 2.24) is 40.2 Å². The molecule has 18 heteroatoms. The molecule has 1 fully saturated rings. The number of amides is 4. The summed E-state index contributed by atoms with van der Waals surface area (Å²) in [6.45, 7) is 14.8. The zero-order chi connectivity index (χ0) is 50.3. The molecule has 5 heterocycles. The number of nitrogens with zero attached hydrogens (tertiary/aromatic N) is 7. The van der Waals surface area contributed by atoms with Gasteiger partial charge in [0.15, 0.2) is 5.82 Å². The van der Waals surface area contributed by atoms with Gasteiger partial charge in [0.1, 0.15) is 29.0 Å². The summed E-state index contributed by atoms with van der Waals surface area (Å²) in [4.78, 5) is 81.5. The van der Waals surface area contributed by atoms with Crippen molar-refractivity contribution in [1.29, 1.82) is 0 Å². The van der Waals surface area contributed by atoms with Crippen LogP contribution in [-0.2, 0) is 19.2 Å². The van der Waals surface area contributed by atoms with Crippen LogP contribution in [0.1, 0.15) is 107 Å². The number of aryl methyl sites for hydroxylation is 3. The third-order valence-corrected chi connectivity index (χ3v) is 15.2. The number of hydrogen-bond donors (Lipinski definition) is 4. The summed E-state index contributed by atoms with van der Waals surface area (Å²) < 4.78 is 1.92. The lowest BCUT2D eigenvalue weighted by Crippen LogP contribution is -2.58. The first kappa shape index (κ1) is 49.5. The molecule has 0 spiro atoms. The summed E-state index contributed by atoms with van der Waals surface area (Å²) in [6, 6.07) is 19.6. The number of fused-ring (bicyclic) bond motifs is 3. The Morgan fingerprint density at radius 1 is 0.871 bits per heavy atom. The van der Waals surface area contributed by atoms with Crippen LogP contribution in [0.2, 0.25) is 0 Å². The molecule has 4 N–H and O–H groups in total. The number of rotatable bonds is 13. The molecule has 3 aromatic heterocycles. The highest BCUT2D eigenvalue weighted by atomic mass is 32.1. The van der Waals surface area contributed by atoms with Crippen LogP contribution in [0.3, 0.4) is 0 Å². The predicted molar refractivity (Wildman–Crippen MR) is 269 cm³/mol. The molecule has 0 bridgehead atoms. The van der Waals surface area contributed by atoms with E-state index in [1.807, 2.05) is 99.8 Å². The Hall–Kier alpha value is -6.89. The van der Waals surface area contributed by atoms with E-state index in [1.165, 1.54) is 16.8 Å². The molecule has 0 radical (unpaired) electrons. The molecule has 1 saturated heterocycles. The summed E-state index contributed by atoms with van der Waals surface area (Å²) in [5.41, 5.74) is 9.41. The fourth-order valence-electron chi connectivity index (χ4n) is 9.05. The van der Waals surface area contributed by atoms with Crippen molar-refractivity contribution in [3.8, 4) is 26.6 Å². The Bertz CT molecular complexity index is 3000. The summed E-state index contributed by atoms with van der Waals surface area (Å²) in [5, 5.41) is 35.9. The maximum atomic E-state index is 14.3. The number of benzene rings is 3. The smallest absolute Gasteiger partial charge is 0.306 e. The van der Waals surface area contributed by atoms with Crippen molar-refractivity contribution >= 4 is 58.0 Å². The molecule has 16 nitrogen and oxygen atoms in total. The van der Waals surface area contributed by atoms with Gasteiger partial charge >= 0.3 is 5.97 Å². The Morgan fingerprint density at radius 2 is 1.50 bits per heavy atom. The highest BCUT2D eigenvalue weighted by Crippen LogP contribution is 2.40. The Morgan fingerprint density at radius 3 is 2.11 bits per heavy atom. The second-order valence-corrected chi connectivity index (χ2v) is 21.3. The number of carbonyl (C=O) groups excluding carboxylic acids is 4. The number of carboxylic acid groups (broad SMARTS) is 1. The van der Waals surface area contributed by atoms with E-state index < -0.39 is 59.2 Å². The molecule has 2 aliphatic rings. The van der Waals surface area contributed by atoms with Crippen molar-refractivity contribution in [2.24, 2.45) is 10.4 Å². The fraction of sp³-hybridized carbons (Fsp3) is 0.365. The van der Waals surface area contributed by atoms with Crippen LogP contribution in [0.15, 0.2) is 83.3 Å². The minimum absolute atomic E-state index is 0.0497. The minimum Gasteiger partial charge on any atom is -0.481 e. The fourth-order valence-corrected chi connectivity index (χ4v) is 11.1. The van der Waals surface area contributed by atoms with Crippen LogP contribution in [0.4, 0.5) is 0 Å². The largest absolute Gasteiger partial charge is 0.481 e. The van der Waals surface area contributed by atoms with E-state index >= 15 is 0 Å². The second-order valence-electron chi connectivity index (χ2n) is 19.2. The SMILES string of the molecule is Cc1ncsc1-c1ccc(C(C)NC(=O)[C@@H]2C[C@@H](O)CN2C(=O)C(NC(=O)CN(C)C(=O)c2ccc(-c3ccc(C4=N[C@@H](CC(=O)O)c5nnc(C)n5-c5sc(C)c(C)c54)cc3)cc2)C(C)(C)C)cc1. The number of aromatic nitrogens is 4. The molecular weight excluding hydrogens is 927 g/mol. The number of hydrogen-bond acceptors (Lipinski definition) is 12. The van der Waals surface area contributed by atoms with E-state index in [4.69, 9.17) is 4.99 Å². The maximum absolute atomic E-state index is 14.3. The van der Waals surface area contributed by atoms with Crippen molar-refractivity contribution in [2.75, 3.05) is 20.1 Å². The molecule has 4 amide bonds. The van der Waals surface area contributed by atoms with E-state index in [9.17, 15) is 34.2 Å². The van der Waals surface area contributed by atoms with Gasteiger partial charge in [-0.25, -0.2) is 4.98 Å². The molecule has 3 aromatic carbocycles. The van der Waals surface area contributed by atoms with Crippen molar-refractivity contribution in [2.45, 2.75) is 98.5 Å². The van der Waals surface area contributed by atoms with Gasteiger partial charge in [-0.15, -0.1) is 32.9 Å². The average molecular weight is 984 g/mol. The number of aliphatic imine (C=N–C) groups is 1. The van der Waals surface area contributed by atoms with Crippen molar-refractivity contribution in [3.63, 3.8) is 0 Å². The normalized spacial score (nSPS) is 17.4. The van der Waals surface area contributed by atoms with Crippen LogP contribution >= 0.6 is 22.7 Å². The van der Waals surface area contributed by atoms with Gasteiger partial charge in [-0.2, -0.15) is 0 Å². The molecular formula is C52H57N9O7S2. The number of thiazole rings is 1. The summed E-state index contributed by atoms with van der Waals surface area (Å²) in [5.74, 6) is -1.72. The van der Waals surface area contributed by atoms with Gasteiger partial charge in [0, 0.05) is 41.6 Å². The summed E-state index contributed by atoms with van der Waals surface area (Å²) in [6.07, 6.45) is -1.12. The highest BCUT2D eigenvalue weighted by molar-refractivity contribution is 7.15. The van der Waals surface area contributed by atoms with E-state index in [2.05, 4.69) is 25.8 Å². The van der Waals surface area contributed by atoms with Crippen LogP contribution in [0, 0.1) is 33.1 Å². The van der Waals surface area contributed by atoms with E-state index in [0.717, 1.165) is 59.4 Å². The number of aliphatic carboxylic acids is 1. The Balaban J connectivity index is 0.908. The van der Waals surface area contributed by atoms with E-state index in [1.54, 1.807) is 61.1 Å². The lowest BCUT2D eigenvalue weighted by Gasteiger charge is -2.36. The predicted octanol–water partition coefficient (Wildman–Crippen LogP) is 7.16. The molecule has 0 aliphatic carbocycles. The van der Waals surface area contributed by atoms with Crippen LogP contribution < -0.4 is 10.6 Å². The summed E-state index contributed by atoms with van der Waals surface area (Å²) >= 11 is 3.16. The van der Waals surface area contributed by atoms with Gasteiger partial charge < -0.3 is 30.6 Å². The van der Waals surface area contributed by atoms with Gasteiger partial charge in [0.25, 0.3) is 5.91 Å². The number of likely N-dealkylation sites (tertiary alicyclic amines) is 1. The summed E-state index contributed by atoms with van der Waals surface area (Å²) in [7, 11) is 1.51. The van der Waals surface area contributed by atoms with E-state index in [0.29, 0.717) is 22.9 Å². The maximum Gasteiger partial charge on any atom is 0.306 e. The van der Waals surface area contributed by atoms with Gasteiger partial charge in [-0.05, 0) is 80.0 Å². The zero-order valence-corrected chi connectivity index (χ0v) is 42.2. The molecule has 8 rings (SSSR count). The first-order valence-corrected chi connectivity index (χ1v) is 24.8. The lowest BCUT2D eigenvalue weighted by molar-refractivity contribution is -0.144. The standard InChI is InChI=1S/C52H57N9O7S2/c1-27-30(4)70-51-43(27)44(55-39(23-42(64)65)47-58-57-31(5)61(47)51)35-16-12-33(13-17-35)34-14-20-37(21-15-34)49(67)59(9)25-41(63)56-46(52(6,7)8)50(68)60-24-38(62)22-40(60)48(66)54-28(2)32-10-18-36(19-11-32)45-29(3)53-26-69-45/h10-21,26,28,38-40,46,62H,22-25H2,1-9H3,(H,54,66)(H,56,63)(H,64,65)/t28?,38-,39+,40+,46?/m1/s1. The number of likely N-dealkylation sites (N-methyl/N-ethyl adjacent to an activating group) is 1. The number of carboxylic acids is 1. The number of thiophene rings is 1. The number of aliphatic hydroxyl groups is 1. The first-order chi connectivity index (χ1) is 33.2. The van der Waals surface area contributed by atoms with Gasteiger partial charge in [0.05, 0.1) is 46.9 Å². The number of nitrogens with one attached hydrogen (secondary N) is 2. The quantitative estimate of drug-likeness (QED) is 0.0917. The Kier molecular flexibility index (Phi) is 14.0. The van der Waals surface area contributed by atoms with Gasteiger partial charge in [-0.1, -0.05) is 81.4 Å². The van der Waals surface area contributed by atoms with Gasteiger partial charge in [0.2, 0.25) is 17.7 Å². The third-order valence-electron chi connectivity index (χ3n) is 13.0. The number of β-amino-alcohol motifs (C(OH)–C–C–N with tert-alkyl or cyclic N) is 1. The van der Waals surface area contributed by atoms with Gasteiger partial charge in [-0.3, -0.25) is 33.5 Å². The first-order valence-electron chi connectivity index (χ1n) is 23.1. The average Bonchev–Trinajstić information content (AvgIpc) is 4.09. The van der Waals surface area contributed by atoms with Crippen LogP contribution in [-0.4, -0.2) is 113 Å². The molecule has 70 heavy (non-hydrogen) atoms. The minimum atomic E-state index is -1.07. The molecule has 6 aromatic rings. The zero-order valence-electron chi connectivity index (χ0n) is 40.6. The molecule has 364 valence electrons. The van der Waals surface area contributed by atoms with Crippen LogP contribution in [0.25, 0.3) is 26.6 Å². The lowest BCUT2D eigenvalue weighted by atomic mass is 9.85. The molecule has 2 unspecified atom stereocenters. The van der Waals surface area contributed by atoms with Crippen LogP contribution in [0.5, 0.6) is 0 Å². The van der Waals surface area contributed by atoms with Crippen molar-refractivity contribution < 1.29 is 34.2 Å². The van der Waals surface area contributed by atoms with E-state index in [-0.39, 0.29) is 32.0 Å². The van der Waals surface area contributed by atoms with Crippen molar-refractivity contribution in [3.05, 3.63) is 128 Å². The third kappa shape index (κ3) is 10.1. The number of aliphatic hydroxyl groups excluding tert-OH is 1. The second kappa shape index (κ2) is 19.8. The topological polar surface area (TPSA) is 212 Å². The molecule has 5 atom stereocenters.